The molecule has 0 bridgehead atoms. The molecule has 0 radical (unpaired) electrons. The van der Waals surface area contributed by atoms with Gasteiger partial charge in [0.2, 0.25) is 0 Å². The molecule has 1 rings (SSSR count). The first-order chi connectivity index (χ1) is 9.99. The summed E-state index contributed by atoms with van der Waals surface area (Å²) in [6, 6.07) is 4.16. The molecule has 0 heterocycles. The average molecular weight is 294 g/mol. The third kappa shape index (κ3) is 5.36. The van der Waals surface area contributed by atoms with E-state index in [9.17, 15) is 4.79 Å². The van der Waals surface area contributed by atoms with Gasteiger partial charge in [0.1, 0.15) is 5.75 Å². The Morgan fingerprint density at radius 2 is 1.90 bits per heavy atom. The van der Waals surface area contributed by atoms with E-state index in [2.05, 4.69) is 22.8 Å². The number of benzene rings is 1. The van der Waals surface area contributed by atoms with Crippen LogP contribution < -0.4 is 15.4 Å². The Kier molecular flexibility index (Phi) is 7.19. The normalized spacial score (nSPS) is 12.0. The Balaban J connectivity index is 2.71. The molecular formula is C16H26N2O3. The van der Waals surface area contributed by atoms with E-state index in [1.165, 1.54) is 5.56 Å². The Bertz CT molecular complexity index is 452. The van der Waals surface area contributed by atoms with Crippen molar-refractivity contribution in [3.63, 3.8) is 0 Å². The first kappa shape index (κ1) is 17.5. The van der Waals surface area contributed by atoms with E-state index >= 15 is 0 Å². The highest BCUT2D eigenvalue weighted by Gasteiger charge is 2.16. The highest BCUT2D eigenvalue weighted by molar-refractivity contribution is 5.80. The van der Waals surface area contributed by atoms with Crippen LogP contribution in [-0.2, 0) is 16.1 Å². The molecule has 0 aliphatic rings. The molecule has 2 N–H and O–H groups in total. The van der Waals surface area contributed by atoms with Crippen LogP contribution >= 0.6 is 0 Å². The van der Waals surface area contributed by atoms with Crippen molar-refractivity contribution in [2.24, 2.45) is 0 Å². The Labute approximate surface area is 127 Å². The number of hydrogen-bond acceptors (Lipinski definition) is 4. The molecule has 0 spiro atoms. The van der Waals surface area contributed by atoms with Gasteiger partial charge in [-0.3, -0.25) is 4.79 Å². The second-order valence-electron chi connectivity index (χ2n) is 5.13. The molecule has 21 heavy (non-hydrogen) atoms. The molecule has 1 unspecified atom stereocenters. The predicted octanol–water partition coefficient (Wildman–Crippen LogP) is 1.55. The summed E-state index contributed by atoms with van der Waals surface area (Å²) in [5.74, 6) is 0.648. The Morgan fingerprint density at radius 3 is 2.43 bits per heavy atom. The fourth-order valence-corrected chi connectivity index (χ4v) is 2.18. The lowest BCUT2D eigenvalue weighted by Gasteiger charge is -2.19. The number of hydrogen-bond donors (Lipinski definition) is 2. The molecule has 1 amide bonds. The number of methoxy groups -OCH3 is 1. The first-order valence-electron chi connectivity index (χ1n) is 7.17. The van der Waals surface area contributed by atoms with Crippen LogP contribution in [0.4, 0.5) is 0 Å². The lowest BCUT2D eigenvalue weighted by Crippen LogP contribution is -2.38. The molecule has 0 aliphatic carbocycles. The van der Waals surface area contributed by atoms with Crippen molar-refractivity contribution >= 4 is 5.91 Å². The smallest absolute Gasteiger partial charge is 0.260 e. The monoisotopic (exact) mass is 294 g/mol. The van der Waals surface area contributed by atoms with Crippen LogP contribution in [0.5, 0.6) is 5.75 Å². The number of nitrogens with one attached hydrogen (secondary N) is 2. The van der Waals surface area contributed by atoms with Crippen LogP contribution in [0.2, 0.25) is 0 Å². The quantitative estimate of drug-likeness (QED) is 0.714. The molecule has 0 aromatic heterocycles. The fourth-order valence-electron chi connectivity index (χ4n) is 2.18. The number of amides is 1. The maximum atomic E-state index is 11.9. The zero-order valence-electron chi connectivity index (χ0n) is 13.6. The molecule has 1 atom stereocenters. The highest BCUT2D eigenvalue weighted by atomic mass is 16.5. The predicted molar refractivity (Wildman–Crippen MR) is 83.7 cm³/mol. The van der Waals surface area contributed by atoms with E-state index in [4.69, 9.17) is 9.47 Å². The van der Waals surface area contributed by atoms with E-state index in [-0.39, 0.29) is 5.91 Å². The van der Waals surface area contributed by atoms with Gasteiger partial charge < -0.3 is 20.1 Å². The van der Waals surface area contributed by atoms with Gasteiger partial charge in [-0.25, -0.2) is 0 Å². The summed E-state index contributed by atoms with van der Waals surface area (Å²) in [5, 5.41) is 5.90. The maximum Gasteiger partial charge on any atom is 0.260 e. The van der Waals surface area contributed by atoms with Crippen molar-refractivity contribution in [3.05, 3.63) is 28.8 Å². The Morgan fingerprint density at radius 1 is 1.29 bits per heavy atom. The van der Waals surface area contributed by atoms with Gasteiger partial charge in [0.25, 0.3) is 5.91 Å². The molecule has 0 saturated carbocycles. The fraction of sp³-hybridized carbons (Fsp3) is 0.562. The standard InChI is InChI=1S/C16H26N2O3/c1-11-8-14(10-17-4)9-12(2)15(11)21-13(3)16(19)18-6-7-20-5/h8-9,13,17H,6-7,10H2,1-5H3,(H,18,19). The van der Waals surface area contributed by atoms with Gasteiger partial charge in [-0.2, -0.15) is 0 Å². The van der Waals surface area contributed by atoms with Gasteiger partial charge in [-0.05, 0) is 44.5 Å². The van der Waals surface area contributed by atoms with Crippen LogP contribution in [-0.4, -0.2) is 39.3 Å². The average Bonchev–Trinajstić information content (AvgIpc) is 2.43. The van der Waals surface area contributed by atoms with Gasteiger partial charge in [0.15, 0.2) is 6.10 Å². The zero-order valence-corrected chi connectivity index (χ0v) is 13.6. The molecule has 0 fully saturated rings. The summed E-state index contributed by atoms with van der Waals surface area (Å²) < 4.78 is 10.7. The maximum absolute atomic E-state index is 11.9. The first-order valence-corrected chi connectivity index (χ1v) is 7.17. The topological polar surface area (TPSA) is 59.6 Å². The van der Waals surface area contributed by atoms with E-state index < -0.39 is 6.10 Å². The molecule has 118 valence electrons. The second kappa shape index (κ2) is 8.64. The molecular weight excluding hydrogens is 268 g/mol. The minimum atomic E-state index is -0.533. The second-order valence-corrected chi connectivity index (χ2v) is 5.13. The van der Waals surface area contributed by atoms with Crippen LogP contribution in [0.1, 0.15) is 23.6 Å². The summed E-state index contributed by atoms with van der Waals surface area (Å²) in [4.78, 5) is 11.9. The third-order valence-corrected chi connectivity index (χ3v) is 3.17. The molecule has 1 aromatic rings. The minimum Gasteiger partial charge on any atom is -0.480 e. The molecule has 5 nitrogen and oxygen atoms in total. The molecule has 5 heteroatoms. The number of carbonyl (C=O) groups excluding carboxylic acids is 1. The van der Waals surface area contributed by atoms with Crippen molar-refractivity contribution in [1.29, 1.82) is 0 Å². The third-order valence-electron chi connectivity index (χ3n) is 3.17. The van der Waals surface area contributed by atoms with E-state index in [0.717, 1.165) is 23.4 Å². The summed E-state index contributed by atoms with van der Waals surface area (Å²) >= 11 is 0. The number of rotatable bonds is 8. The Hall–Kier alpha value is -1.59. The van der Waals surface area contributed by atoms with E-state index in [1.54, 1.807) is 14.0 Å². The lowest BCUT2D eigenvalue weighted by atomic mass is 10.1. The van der Waals surface area contributed by atoms with Crippen LogP contribution in [0, 0.1) is 13.8 Å². The number of carbonyl (C=O) groups is 1. The van der Waals surface area contributed by atoms with Gasteiger partial charge in [-0.15, -0.1) is 0 Å². The lowest BCUT2D eigenvalue weighted by molar-refractivity contribution is -0.127. The highest BCUT2D eigenvalue weighted by Crippen LogP contribution is 2.26. The SMILES string of the molecule is CNCc1cc(C)c(OC(C)C(=O)NCCOC)c(C)c1. The summed E-state index contributed by atoms with van der Waals surface area (Å²) in [6.07, 6.45) is -0.533. The summed E-state index contributed by atoms with van der Waals surface area (Å²) in [6.45, 7) is 7.54. The van der Waals surface area contributed by atoms with Crippen molar-refractivity contribution in [2.75, 3.05) is 27.3 Å². The van der Waals surface area contributed by atoms with Crippen molar-refractivity contribution in [3.8, 4) is 5.75 Å². The van der Waals surface area contributed by atoms with Crippen molar-refractivity contribution in [2.45, 2.75) is 33.4 Å². The van der Waals surface area contributed by atoms with Gasteiger partial charge in [0.05, 0.1) is 6.61 Å². The molecule has 0 aliphatic heterocycles. The molecule has 1 aromatic carbocycles. The van der Waals surface area contributed by atoms with Crippen molar-refractivity contribution in [1.82, 2.24) is 10.6 Å². The summed E-state index contributed by atoms with van der Waals surface area (Å²) in [5.41, 5.74) is 3.28. The van der Waals surface area contributed by atoms with Crippen molar-refractivity contribution < 1.29 is 14.3 Å². The number of ether oxygens (including phenoxy) is 2. The van der Waals surface area contributed by atoms with Gasteiger partial charge >= 0.3 is 0 Å². The van der Waals surface area contributed by atoms with E-state index in [0.29, 0.717) is 13.2 Å². The molecule has 0 saturated heterocycles. The zero-order chi connectivity index (χ0) is 15.8. The van der Waals surface area contributed by atoms with Crippen LogP contribution in [0.25, 0.3) is 0 Å². The van der Waals surface area contributed by atoms with E-state index in [1.807, 2.05) is 20.9 Å². The summed E-state index contributed by atoms with van der Waals surface area (Å²) in [7, 11) is 3.52. The van der Waals surface area contributed by atoms with Gasteiger partial charge in [0, 0.05) is 20.2 Å². The van der Waals surface area contributed by atoms with Gasteiger partial charge in [-0.1, -0.05) is 12.1 Å². The largest absolute Gasteiger partial charge is 0.480 e. The van der Waals surface area contributed by atoms with Crippen LogP contribution in [0.15, 0.2) is 12.1 Å². The number of aryl methyl sites for hydroxylation is 2. The minimum absolute atomic E-state index is 0.134. The van der Waals surface area contributed by atoms with Crippen LogP contribution in [0.3, 0.4) is 0 Å².